The predicted molar refractivity (Wildman–Crippen MR) is 55.7 cm³/mol. The molecule has 2 N–H and O–H groups in total. The second-order valence-corrected chi connectivity index (χ2v) is 4.13. The quantitative estimate of drug-likeness (QED) is 0.788. The Labute approximate surface area is 84.9 Å². The maximum absolute atomic E-state index is 5.69. The Balaban J connectivity index is 1.86. The van der Waals surface area contributed by atoms with Crippen LogP contribution in [-0.4, -0.2) is 24.5 Å². The van der Waals surface area contributed by atoms with E-state index in [-0.39, 0.29) is 0 Å². The summed E-state index contributed by atoms with van der Waals surface area (Å²) in [5.41, 5.74) is 5.69. The van der Waals surface area contributed by atoms with Gasteiger partial charge in [0.2, 0.25) is 0 Å². The fourth-order valence-electron chi connectivity index (χ4n) is 2.17. The molecule has 2 unspecified atom stereocenters. The molecule has 1 fully saturated rings. The monoisotopic (exact) mass is 194 g/mol. The van der Waals surface area contributed by atoms with E-state index in [0.717, 1.165) is 18.8 Å². The van der Waals surface area contributed by atoms with Crippen LogP contribution in [0.4, 0.5) is 0 Å². The second-order valence-electron chi connectivity index (χ2n) is 4.13. The lowest BCUT2D eigenvalue weighted by molar-refractivity contribution is 0.0782. The van der Waals surface area contributed by atoms with Crippen molar-refractivity contribution in [2.45, 2.75) is 25.4 Å². The molecule has 0 spiro atoms. The lowest BCUT2D eigenvalue weighted by Crippen LogP contribution is -2.47. The average molecular weight is 194 g/mol. The first-order valence-corrected chi connectivity index (χ1v) is 5.24. The molecule has 1 aliphatic rings. The molecule has 1 aliphatic carbocycles. The van der Waals surface area contributed by atoms with Gasteiger partial charge in [-0.25, -0.2) is 0 Å². The SMILES string of the molecule is CN(Cc1ccco1)C1CCC1CN. The molecule has 2 rings (SSSR count). The minimum atomic E-state index is 0.657. The molecule has 0 aromatic carbocycles. The molecule has 1 heterocycles. The maximum atomic E-state index is 5.69. The number of nitrogens with zero attached hydrogens (tertiary/aromatic N) is 1. The van der Waals surface area contributed by atoms with E-state index >= 15 is 0 Å². The fraction of sp³-hybridized carbons (Fsp3) is 0.636. The molecule has 78 valence electrons. The maximum Gasteiger partial charge on any atom is 0.117 e. The molecule has 1 saturated carbocycles. The Bertz CT molecular complexity index is 269. The van der Waals surface area contributed by atoms with Crippen molar-refractivity contribution in [1.29, 1.82) is 0 Å². The zero-order chi connectivity index (χ0) is 9.97. The first kappa shape index (κ1) is 9.74. The van der Waals surface area contributed by atoms with Crippen LogP contribution in [0.5, 0.6) is 0 Å². The molecule has 14 heavy (non-hydrogen) atoms. The summed E-state index contributed by atoms with van der Waals surface area (Å²) in [6.07, 6.45) is 4.28. The van der Waals surface area contributed by atoms with Gasteiger partial charge < -0.3 is 10.2 Å². The normalized spacial score (nSPS) is 26.5. The molecular weight excluding hydrogens is 176 g/mol. The van der Waals surface area contributed by atoms with Crippen LogP contribution in [0.25, 0.3) is 0 Å². The first-order chi connectivity index (χ1) is 6.81. The molecule has 0 radical (unpaired) electrons. The number of hydrogen-bond acceptors (Lipinski definition) is 3. The number of hydrogen-bond donors (Lipinski definition) is 1. The zero-order valence-corrected chi connectivity index (χ0v) is 8.65. The highest BCUT2D eigenvalue weighted by atomic mass is 16.3. The molecule has 1 aromatic heterocycles. The smallest absolute Gasteiger partial charge is 0.117 e. The van der Waals surface area contributed by atoms with Crippen molar-refractivity contribution in [3.63, 3.8) is 0 Å². The number of rotatable bonds is 4. The van der Waals surface area contributed by atoms with Crippen LogP contribution in [0.1, 0.15) is 18.6 Å². The molecule has 3 heteroatoms. The minimum Gasteiger partial charge on any atom is -0.468 e. The van der Waals surface area contributed by atoms with Gasteiger partial charge in [-0.2, -0.15) is 0 Å². The van der Waals surface area contributed by atoms with E-state index in [1.54, 1.807) is 6.26 Å². The summed E-state index contributed by atoms with van der Waals surface area (Å²) in [6.45, 7) is 1.71. The van der Waals surface area contributed by atoms with Gasteiger partial charge in [0.15, 0.2) is 0 Å². The van der Waals surface area contributed by atoms with Gasteiger partial charge >= 0.3 is 0 Å². The standard InChI is InChI=1S/C11H18N2O/c1-13(8-10-3-2-6-14-10)11-5-4-9(11)7-12/h2-3,6,9,11H,4-5,7-8,12H2,1H3. The van der Waals surface area contributed by atoms with Crippen LogP contribution in [0.15, 0.2) is 22.8 Å². The Hall–Kier alpha value is -0.800. The van der Waals surface area contributed by atoms with Crippen molar-refractivity contribution in [2.75, 3.05) is 13.6 Å². The lowest BCUT2D eigenvalue weighted by atomic mass is 9.79. The molecular formula is C11H18N2O. The largest absolute Gasteiger partial charge is 0.468 e. The van der Waals surface area contributed by atoms with Gasteiger partial charge in [-0.3, -0.25) is 4.90 Å². The Kier molecular flexibility index (Phi) is 2.89. The van der Waals surface area contributed by atoms with Crippen molar-refractivity contribution in [2.24, 2.45) is 11.7 Å². The van der Waals surface area contributed by atoms with E-state index in [1.807, 2.05) is 12.1 Å². The molecule has 0 bridgehead atoms. The third-order valence-electron chi connectivity index (χ3n) is 3.23. The van der Waals surface area contributed by atoms with Gasteiger partial charge in [-0.05, 0) is 44.5 Å². The van der Waals surface area contributed by atoms with Gasteiger partial charge in [-0.15, -0.1) is 0 Å². The molecule has 0 amide bonds. The topological polar surface area (TPSA) is 42.4 Å². The highest BCUT2D eigenvalue weighted by Crippen LogP contribution is 2.31. The van der Waals surface area contributed by atoms with Crippen LogP contribution < -0.4 is 5.73 Å². The van der Waals surface area contributed by atoms with E-state index in [4.69, 9.17) is 10.2 Å². The summed E-state index contributed by atoms with van der Waals surface area (Å²) in [6, 6.07) is 4.61. The summed E-state index contributed by atoms with van der Waals surface area (Å²) in [5, 5.41) is 0. The van der Waals surface area contributed by atoms with Crippen molar-refractivity contribution >= 4 is 0 Å². The van der Waals surface area contributed by atoms with E-state index < -0.39 is 0 Å². The Morgan fingerprint density at radius 2 is 2.43 bits per heavy atom. The van der Waals surface area contributed by atoms with Crippen LogP contribution in [0.2, 0.25) is 0 Å². The molecule has 3 nitrogen and oxygen atoms in total. The summed E-state index contributed by atoms with van der Waals surface area (Å²) in [7, 11) is 2.15. The van der Waals surface area contributed by atoms with E-state index in [0.29, 0.717) is 12.0 Å². The van der Waals surface area contributed by atoms with Crippen molar-refractivity contribution in [3.05, 3.63) is 24.2 Å². The fourth-order valence-corrected chi connectivity index (χ4v) is 2.17. The third kappa shape index (κ3) is 1.83. The zero-order valence-electron chi connectivity index (χ0n) is 8.65. The average Bonchev–Trinajstić information content (AvgIpc) is 2.55. The van der Waals surface area contributed by atoms with E-state index in [1.165, 1.54) is 12.8 Å². The molecule has 0 saturated heterocycles. The summed E-state index contributed by atoms with van der Waals surface area (Å²) < 4.78 is 5.32. The number of nitrogens with two attached hydrogens (primary N) is 1. The van der Waals surface area contributed by atoms with Crippen molar-refractivity contribution < 1.29 is 4.42 Å². The highest BCUT2D eigenvalue weighted by Gasteiger charge is 2.32. The van der Waals surface area contributed by atoms with Crippen LogP contribution in [0.3, 0.4) is 0 Å². The summed E-state index contributed by atoms with van der Waals surface area (Å²) >= 11 is 0. The second kappa shape index (κ2) is 4.15. The molecule has 2 atom stereocenters. The summed E-state index contributed by atoms with van der Waals surface area (Å²) in [5.74, 6) is 1.73. The highest BCUT2D eigenvalue weighted by molar-refractivity contribution is 4.99. The third-order valence-corrected chi connectivity index (χ3v) is 3.23. The van der Waals surface area contributed by atoms with Crippen molar-refractivity contribution in [3.8, 4) is 0 Å². The van der Waals surface area contributed by atoms with E-state index in [2.05, 4.69) is 11.9 Å². The van der Waals surface area contributed by atoms with Crippen LogP contribution >= 0.6 is 0 Å². The van der Waals surface area contributed by atoms with Gasteiger partial charge in [-0.1, -0.05) is 0 Å². The Morgan fingerprint density at radius 3 is 2.93 bits per heavy atom. The van der Waals surface area contributed by atoms with Crippen LogP contribution in [0, 0.1) is 5.92 Å². The minimum absolute atomic E-state index is 0.657. The van der Waals surface area contributed by atoms with Crippen LogP contribution in [-0.2, 0) is 6.54 Å². The van der Waals surface area contributed by atoms with Gasteiger partial charge in [0.1, 0.15) is 5.76 Å². The first-order valence-electron chi connectivity index (χ1n) is 5.24. The number of furan rings is 1. The molecule has 1 aromatic rings. The summed E-state index contributed by atoms with van der Waals surface area (Å²) in [4.78, 5) is 2.35. The molecule has 0 aliphatic heterocycles. The predicted octanol–water partition coefficient (Wildman–Crippen LogP) is 1.45. The van der Waals surface area contributed by atoms with Gasteiger partial charge in [0.25, 0.3) is 0 Å². The van der Waals surface area contributed by atoms with Gasteiger partial charge in [0, 0.05) is 6.04 Å². The Morgan fingerprint density at radius 1 is 1.57 bits per heavy atom. The van der Waals surface area contributed by atoms with E-state index in [9.17, 15) is 0 Å². The van der Waals surface area contributed by atoms with Gasteiger partial charge in [0.05, 0.1) is 12.8 Å². The van der Waals surface area contributed by atoms with Crippen molar-refractivity contribution in [1.82, 2.24) is 4.90 Å². The lowest BCUT2D eigenvalue weighted by Gasteiger charge is -2.41.